The van der Waals surface area contributed by atoms with Gasteiger partial charge in [-0.1, -0.05) is 66.0 Å². The molecule has 0 saturated carbocycles. The van der Waals surface area contributed by atoms with Crippen LogP contribution in [0.25, 0.3) is 0 Å². The maximum atomic E-state index is 13.9. The van der Waals surface area contributed by atoms with Crippen LogP contribution in [0.1, 0.15) is 37.0 Å². The van der Waals surface area contributed by atoms with E-state index in [0.717, 1.165) is 16.3 Å². The summed E-state index contributed by atoms with van der Waals surface area (Å²) in [4.78, 5) is 28.3. The number of hydrogen-bond acceptors (Lipinski definition) is 4. The van der Waals surface area contributed by atoms with Gasteiger partial charge in [0, 0.05) is 23.1 Å². The predicted molar refractivity (Wildman–Crippen MR) is 157 cm³/mol. The van der Waals surface area contributed by atoms with Crippen LogP contribution in [0.3, 0.4) is 0 Å². The number of nitrogens with one attached hydrogen (secondary N) is 1. The fourth-order valence-electron chi connectivity index (χ4n) is 4.03. The number of carbonyl (C=O) groups excluding carboxylic acids is 2. The summed E-state index contributed by atoms with van der Waals surface area (Å²) in [6, 6.07) is 17.4. The lowest BCUT2D eigenvalue weighted by atomic mass is 10.1. The minimum Gasteiger partial charge on any atom is -0.354 e. The molecule has 0 bridgehead atoms. The lowest BCUT2D eigenvalue weighted by Gasteiger charge is -2.32. The molecule has 0 aliphatic carbocycles. The van der Waals surface area contributed by atoms with Crippen molar-refractivity contribution in [3.8, 4) is 0 Å². The van der Waals surface area contributed by atoms with E-state index in [-0.39, 0.29) is 23.0 Å². The Labute approximate surface area is 240 Å². The summed E-state index contributed by atoms with van der Waals surface area (Å²) >= 11 is 12.5. The Balaban J connectivity index is 2.06. The van der Waals surface area contributed by atoms with Crippen LogP contribution in [0, 0.1) is 13.8 Å². The van der Waals surface area contributed by atoms with E-state index in [1.54, 1.807) is 68.4 Å². The van der Waals surface area contributed by atoms with E-state index >= 15 is 0 Å². The van der Waals surface area contributed by atoms with Crippen LogP contribution in [-0.2, 0) is 26.2 Å². The molecule has 0 fully saturated rings. The summed E-state index contributed by atoms with van der Waals surface area (Å²) in [5.41, 5.74) is 2.40. The van der Waals surface area contributed by atoms with E-state index in [4.69, 9.17) is 23.2 Å². The zero-order chi connectivity index (χ0) is 28.7. The van der Waals surface area contributed by atoms with E-state index in [1.807, 2.05) is 13.8 Å². The molecule has 1 atom stereocenters. The van der Waals surface area contributed by atoms with Crippen LogP contribution in [0.5, 0.6) is 0 Å². The Morgan fingerprint density at radius 3 is 2.28 bits per heavy atom. The van der Waals surface area contributed by atoms with Gasteiger partial charge in [0.2, 0.25) is 11.8 Å². The number of benzene rings is 3. The number of hydrogen-bond donors (Lipinski definition) is 1. The summed E-state index contributed by atoms with van der Waals surface area (Å²) in [6.07, 6.45) is 0.733. The Morgan fingerprint density at radius 2 is 1.64 bits per heavy atom. The molecule has 10 heteroatoms. The lowest BCUT2D eigenvalue weighted by molar-refractivity contribution is -0.139. The molecule has 7 nitrogen and oxygen atoms in total. The van der Waals surface area contributed by atoms with Crippen molar-refractivity contribution in [1.82, 2.24) is 10.2 Å². The van der Waals surface area contributed by atoms with Gasteiger partial charge in [0.15, 0.2) is 0 Å². The minimum atomic E-state index is -4.17. The average molecular weight is 591 g/mol. The van der Waals surface area contributed by atoms with E-state index in [0.29, 0.717) is 27.7 Å². The second kappa shape index (κ2) is 13.3. The second-order valence-corrected chi connectivity index (χ2v) is 12.0. The van der Waals surface area contributed by atoms with Crippen molar-refractivity contribution in [1.29, 1.82) is 0 Å². The first-order chi connectivity index (χ1) is 18.4. The van der Waals surface area contributed by atoms with Crippen molar-refractivity contribution < 1.29 is 18.0 Å². The van der Waals surface area contributed by atoms with Crippen molar-refractivity contribution in [2.24, 2.45) is 0 Å². The number of nitrogens with zero attached hydrogens (tertiary/aromatic N) is 2. The molecule has 0 saturated heterocycles. The molecule has 0 radical (unpaired) electrons. The summed E-state index contributed by atoms with van der Waals surface area (Å²) in [5, 5.41) is 3.67. The molecule has 0 spiro atoms. The van der Waals surface area contributed by atoms with Gasteiger partial charge in [-0.3, -0.25) is 13.9 Å². The largest absolute Gasteiger partial charge is 0.354 e. The fraction of sp³-hybridized carbons (Fsp3) is 0.310. The van der Waals surface area contributed by atoms with Gasteiger partial charge in [0.1, 0.15) is 12.6 Å². The average Bonchev–Trinajstić information content (AvgIpc) is 2.90. The molecular weight excluding hydrogens is 557 g/mol. The zero-order valence-corrected chi connectivity index (χ0v) is 24.8. The molecule has 3 aromatic rings. The van der Waals surface area contributed by atoms with Crippen molar-refractivity contribution in [3.05, 3.63) is 93.5 Å². The first-order valence-electron chi connectivity index (χ1n) is 12.6. The van der Waals surface area contributed by atoms with Gasteiger partial charge in [-0.15, -0.1) is 0 Å². The third-order valence-electron chi connectivity index (χ3n) is 6.35. The van der Waals surface area contributed by atoms with Crippen molar-refractivity contribution in [2.45, 2.75) is 51.6 Å². The number of carbonyl (C=O) groups is 2. The number of halogens is 2. The number of anilines is 1. The van der Waals surface area contributed by atoms with Gasteiger partial charge in [0.25, 0.3) is 10.0 Å². The SMILES string of the molecule is CCCNC(=O)[C@H](C)N(Cc1cccc(Cl)c1)C(=O)CN(c1cccc(Cl)c1C)S(=O)(=O)c1ccc(C)cc1. The molecule has 0 unspecified atom stereocenters. The molecular formula is C29H33Cl2N3O4S. The van der Waals surface area contributed by atoms with E-state index in [2.05, 4.69) is 5.32 Å². The number of amides is 2. The maximum Gasteiger partial charge on any atom is 0.264 e. The second-order valence-electron chi connectivity index (χ2n) is 9.33. The molecule has 0 aliphatic rings. The van der Waals surface area contributed by atoms with Crippen molar-refractivity contribution in [3.63, 3.8) is 0 Å². The van der Waals surface area contributed by atoms with Gasteiger partial charge in [-0.25, -0.2) is 8.42 Å². The van der Waals surface area contributed by atoms with Crippen molar-refractivity contribution in [2.75, 3.05) is 17.4 Å². The molecule has 1 N–H and O–H groups in total. The van der Waals surface area contributed by atoms with Crippen LogP contribution in [0.2, 0.25) is 10.0 Å². The predicted octanol–water partition coefficient (Wildman–Crippen LogP) is 5.75. The third-order valence-corrected chi connectivity index (χ3v) is 8.77. The fourth-order valence-corrected chi connectivity index (χ4v) is 5.88. The standard InChI is InChI=1S/C29H33Cl2N3O4S/c1-5-16-32-29(36)22(4)33(18-23-8-6-9-24(30)17-23)28(35)19-34(27-11-7-10-26(31)21(27)3)39(37,38)25-14-12-20(2)13-15-25/h6-15,17,22H,5,16,18-19H2,1-4H3,(H,32,36)/t22-/m0/s1. The summed E-state index contributed by atoms with van der Waals surface area (Å²) in [5.74, 6) is -0.886. The third kappa shape index (κ3) is 7.53. The quantitative estimate of drug-likeness (QED) is 0.308. The smallest absolute Gasteiger partial charge is 0.264 e. The van der Waals surface area contributed by atoms with Crippen LogP contribution < -0.4 is 9.62 Å². The Bertz CT molecular complexity index is 1430. The monoisotopic (exact) mass is 589 g/mol. The maximum absolute atomic E-state index is 13.9. The summed E-state index contributed by atoms with van der Waals surface area (Å²) in [7, 11) is -4.17. The van der Waals surface area contributed by atoms with E-state index in [1.165, 1.54) is 17.0 Å². The highest BCUT2D eigenvalue weighted by atomic mass is 35.5. The molecule has 208 valence electrons. The van der Waals surface area contributed by atoms with Gasteiger partial charge in [-0.2, -0.15) is 0 Å². The minimum absolute atomic E-state index is 0.0374. The Morgan fingerprint density at radius 1 is 0.974 bits per heavy atom. The molecule has 3 aromatic carbocycles. The molecule has 3 rings (SSSR count). The highest BCUT2D eigenvalue weighted by Crippen LogP contribution is 2.31. The first-order valence-corrected chi connectivity index (χ1v) is 14.8. The molecule has 0 heterocycles. The first kappa shape index (κ1) is 30.5. The normalized spacial score (nSPS) is 12.1. The number of rotatable bonds is 11. The Hall–Kier alpha value is -3.07. The van der Waals surface area contributed by atoms with E-state index < -0.39 is 28.5 Å². The molecule has 39 heavy (non-hydrogen) atoms. The van der Waals surface area contributed by atoms with Gasteiger partial charge >= 0.3 is 0 Å². The van der Waals surface area contributed by atoms with Crippen LogP contribution in [-0.4, -0.2) is 44.3 Å². The highest BCUT2D eigenvalue weighted by molar-refractivity contribution is 7.92. The highest BCUT2D eigenvalue weighted by Gasteiger charge is 2.33. The number of sulfonamides is 1. The Kier molecular flexibility index (Phi) is 10.4. The van der Waals surface area contributed by atoms with Crippen LogP contribution >= 0.6 is 23.2 Å². The van der Waals surface area contributed by atoms with Gasteiger partial charge in [-0.05, 0) is 74.7 Å². The van der Waals surface area contributed by atoms with E-state index in [9.17, 15) is 18.0 Å². The number of aryl methyl sites for hydroxylation is 1. The summed E-state index contributed by atoms with van der Waals surface area (Å²) in [6.45, 7) is 7.09. The topological polar surface area (TPSA) is 86.8 Å². The molecule has 0 aromatic heterocycles. The van der Waals surface area contributed by atoms with Crippen LogP contribution in [0.4, 0.5) is 5.69 Å². The summed E-state index contributed by atoms with van der Waals surface area (Å²) < 4.78 is 28.9. The molecule has 2 amide bonds. The van der Waals surface area contributed by atoms with Crippen LogP contribution in [0.15, 0.2) is 71.6 Å². The molecule has 0 aliphatic heterocycles. The zero-order valence-electron chi connectivity index (χ0n) is 22.4. The lowest BCUT2D eigenvalue weighted by Crippen LogP contribution is -2.51. The van der Waals surface area contributed by atoms with Crippen molar-refractivity contribution >= 4 is 50.7 Å². The van der Waals surface area contributed by atoms with Gasteiger partial charge < -0.3 is 10.2 Å². The van der Waals surface area contributed by atoms with Gasteiger partial charge in [0.05, 0.1) is 10.6 Å².